The molecule has 0 aliphatic heterocycles. The summed E-state index contributed by atoms with van der Waals surface area (Å²) < 4.78 is 0. The Balaban J connectivity index is 2.65. The molecule has 0 N–H and O–H groups in total. The lowest BCUT2D eigenvalue weighted by molar-refractivity contribution is -0.384. The van der Waals surface area contributed by atoms with Crippen molar-refractivity contribution in [3.8, 4) is 11.3 Å². The van der Waals surface area contributed by atoms with Gasteiger partial charge in [0.25, 0.3) is 0 Å². The molecule has 17 heavy (non-hydrogen) atoms. The number of aromatic nitrogens is 3. The van der Waals surface area contributed by atoms with Crippen LogP contribution < -0.4 is 0 Å². The number of rotatable bonds is 2. The van der Waals surface area contributed by atoms with E-state index in [4.69, 9.17) is 11.6 Å². The van der Waals surface area contributed by atoms with Crippen LogP contribution in [0.2, 0.25) is 5.28 Å². The Morgan fingerprint density at radius 2 is 2.12 bits per heavy atom. The molecule has 2 heterocycles. The summed E-state index contributed by atoms with van der Waals surface area (Å²) in [7, 11) is 0. The first-order valence-electron chi connectivity index (χ1n) is 4.67. The highest BCUT2D eigenvalue weighted by Gasteiger charge is 2.18. The lowest BCUT2D eigenvalue weighted by Gasteiger charge is -2.02. The molecule has 7 heteroatoms. The summed E-state index contributed by atoms with van der Waals surface area (Å²) in [5.74, 6) is 0. The van der Waals surface area contributed by atoms with Crippen molar-refractivity contribution in [2.45, 2.75) is 6.92 Å². The minimum atomic E-state index is -0.548. The number of pyridine rings is 1. The molecular formula is C10H7ClN4O2. The first kappa shape index (κ1) is 11.4. The van der Waals surface area contributed by atoms with Crippen molar-refractivity contribution in [2.75, 3.05) is 0 Å². The first-order chi connectivity index (χ1) is 8.08. The molecule has 0 spiro atoms. The van der Waals surface area contributed by atoms with Crippen molar-refractivity contribution in [1.29, 1.82) is 0 Å². The fraction of sp³-hybridized carbons (Fsp3) is 0.100. The third-order valence-corrected chi connectivity index (χ3v) is 2.27. The molecule has 0 atom stereocenters. The molecular weight excluding hydrogens is 244 g/mol. The standard InChI is InChI=1S/C10H7ClN4O2/c1-6-2-7(4-12-3-6)9-8(15(16)17)5-13-10(11)14-9/h2-5H,1H3. The molecule has 0 bridgehead atoms. The summed E-state index contributed by atoms with van der Waals surface area (Å²) in [5, 5.41) is 10.8. The molecule has 2 aromatic rings. The van der Waals surface area contributed by atoms with Crippen LogP contribution in [0.15, 0.2) is 24.7 Å². The first-order valence-corrected chi connectivity index (χ1v) is 5.04. The van der Waals surface area contributed by atoms with Gasteiger partial charge in [-0.15, -0.1) is 0 Å². The summed E-state index contributed by atoms with van der Waals surface area (Å²) in [6, 6.07) is 1.75. The molecule has 86 valence electrons. The van der Waals surface area contributed by atoms with Gasteiger partial charge in [-0.25, -0.2) is 9.97 Å². The van der Waals surface area contributed by atoms with Gasteiger partial charge in [0.05, 0.1) is 4.92 Å². The topological polar surface area (TPSA) is 81.8 Å². The maximum absolute atomic E-state index is 10.9. The van der Waals surface area contributed by atoms with E-state index in [1.54, 1.807) is 12.3 Å². The van der Waals surface area contributed by atoms with Crippen molar-refractivity contribution < 1.29 is 4.92 Å². The van der Waals surface area contributed by atoms with Gasteiger partial charge < -0.3 is 0 Å². The van der Waals surface area contributed by atoms with E-state index in [0.717, 1.165) is 11.8 Å². The van der Waals surface area contributed by atoms with Crippen LogP contribution in [0.3, 0.4) is 0 Å². The number of aryl methyl sites for hydroxylation is 1. The minimum Gasteiger partial charge on any atom is -0.264 e. The van der Waals surface area contributed by atoms with E-state index < -0.39 is 4.92 Å². The molecule has 0 radical (unpaired) electrons. The number of nitro groups is 1. The van der Waals surface area contributed by atoms with E-state index in [1.165, 1.54) is 6.20 Å². The monoisotopic (exact) mass is 250 g/mol. The second-order valence-electron chi connectivity index (χ2n) is 3.38. The lowest BCUT2D eigenvalue weighted by atomic mass is 10.1. The van der Waals surface area contributed by atoms with E-state index in [9.17, 15) is 10.1 Å². The molecule has 0 aliphatic rings. The molecule has 0 fully saturated rings. The van der Waals surface area contributed by atoms with Crippen LogP contribution in [-0.2, 0) is 0 Å². The van der Waals surface area contributed by atoms with E-state index in [-0.39, 0.29) is 16.7 Å². The summed E-state index contributed by atoms with van der Waals surface area (Å²) in [4.78, 5) is 21.7. The van der Waals surface area contributed by atoms with Gasteiger partial charge in [-0.05, 0) is 30.2 Å². The van der Waals surface area contributed by atoms with Gasteiger partial charge in [0, 0.05) is 18.0 Å². The van der Waals surface area contributed by atoms with Crippen molar-refractivity contribution in [3.63, 3.8) is 0 Å². The van der Waals surface area contributed by atoms with Gasteiger partial charge >= 0.3 is 5.69 Å². The Bertz CT molecular complexity index is 588. The van der Waals surface area contributed by atoms with E-state index >= 15 is 0 Å². The zero-order valence-electron chi connectivity index (χ0n) is 8.79. The van der Waals surface area contributed by atoms with E-state index in [1.807, 2.05) is 6.92 Å². The number of nitrogens with zero attached hydrogens (tertiary/aromatic N) is 4. The van der Waals surface area contributed by atoms with Crippen molar-refractivity contribution >= 4 is 17.3 Å². The van der Waals surface area contributed by atoms with Gasteiger partial charge in [-0.3, -0.25) is 15.1 Å². The van der Waals surface area contributed by atoms with Crippen LogP contribution in [0, 0.1) is 17.0 Å². The normalized spacial score (nSPS) is 10.2. The second kappa shape index (κ2) is 4.42. The Morgan fingerprint density at radius 1 is 1.35 bits per heavy atom. The van der Waals surface area contributed by atoms with E-state index in [2.05, 4.69) is 15.0 Å². The maximum Gasteiger partial charge on any atom is 0.313 e. The fourth-order valence-electron chi connectivity index (χ4n) is 1.38. The highest BCUT2D eigenvalue weighted by atomic mass is 35.5. The zero-order chi connectivity index (χ0) is 12.4. The minimum absolute atomic E-state index is 0.0351. The average Bonchev–Trinajstić information content (AvgIpc) is 2.28. The molecule has 2 aromatic heterocycles. The summed E-state index contributed by atoms with van der Waals surface area (Å²) >= 11 is 5.65. The quantitative estimate of drug-likeness (QED) is 0.464. The van der Waals surface area contributed by atoms with Crippen molar-refractivity contribution in [1.82, 2.24) is 15.0 Å². The van der Waals surface area contributed by atoms with Gasteiger partial charge in [0.1, 0.15) is 6.20 Å². The Morgan fingerprint density at radius 3 is 2.76 bits per heavy atom. The molecule has 0 aliphatic carbocycles. The summed E-state index contributed by atoms with van der Waals surface area (Å²) in [6.07, 6.45) is 4.24. The zero-order valence-corrected chi connectivity index (χ0v) is 9.55. The molecule has 2 rings (SSSR count). The Hall–Kier alpha value is -2.08. The van der Waals surface area contributed by atoms with Crippen LogP contribution in [0.5, 0.6) is 0 Å². The lowest BCUT2D eigenvalue weighted by Crippen LogP contribution is -1.97. The van der Waals surface area contributed by atoms with Gasteiger partial charge in [-0.1, -0.05) is 0 Å². The van der Waals surface area contributed by atoms with Crippen LogP contribution in [0.4, 0.5) is 5.69 Å². The third kappa shape index (κ3) is 2.36. The molecule has 6 nitrogen and oxygen atoms in total. The molecule has 0 aromatic carbocycles. The highest BCUT2D eigenvalue weighted by molar-refractivity contribution is 6.28. The summed E-state index contributed by atoms with van der Waals surface area (Å²) in [5.41, 5.74) is 1.40. The Labute approximate surface area is 101 Å². The molecule has 0 saturated carbocycles. The number of hydrogen-bond acceptors (Lipinski definition) is 5. The average molecular weight is 251 g/mol. The largest absolute Gasteiger partial charge is 0.313 e. The van der Waals surface area contributed by atoms with E-state index in [0.29, 0.717) is 5.56 Å². The van der Waals surface area contributed by atoms with Crippen LogP contribution in [-0.4, -0.2) is 19.9 Å². The van der Waals surface area contributed by atoms with Gasteiger partial charge in [-0.2, -0.15) is 0 Å². The number of hydrogen-bond donors (Lipinski definition) is 0. The second-order valence-corrected chi connectivity index (χ2v) is 3.72. The molecule has 0 amide bonds. The SMILES string of the molecule is Cc1cncc(-c2nc(Cl)ncc2[N+](=O)[O-])c1. The molecule has 0 unspecified atom stereocenters. The van der Waals surface area contributed by atoms with Gasteiger partial charge in [0.2, 0.25) is 5.28 Å². The van der Waals surface area contributed by atoms with Crippen molar-refractivity contribution in [2.24, 2.45) is 0 Å². The fourth-order valence-corrected chi connectivity index (χ4v) is 1.52. The predicted octanol–water partition coefficient (Wildman–Crippen LogP) is 2.41. The maximum atomic E-state index is 10.9. The van der Waals surface area contributed by atoms with Crippen molar-refractivity contribution in [3.05, 3.63) is 45.6 Å². The van der Waals surface area contributed by atoms with Gasteiger partial charge in [0.15, 0.2) is 5.69 Å². The predicted molar refractivity (Wildman–Crippen MR) is 61.7 cm³/mol. The van der Waals surface area contributed by atoms with Crippen LogP contribution >= 0.6 is 11.6 Å². The third-order valence-electron chi connectivity index (χ3n) is 2.09. The highest BCUT2D eigenvalue weighted by Crippen LogP contribution is 2.27. The number of halogens is 1. The van der Waals surface area contributed by atoms with Crippen LogP contribution in [0.25, 0.3) is 11.3 Å². The van der Waals surface area contributed by atoms with Crippen LogP contribution in [0.1, 0.15) is 5.56 Å². The Kier molecular flexibility index (Phi) is 2.97. The molecule has 0 saturated heterocycles. The summed E-state index contributed by atoms with van der Waals surface area (Å²) in [6.45, 7) is 1.84. The smallest absolute Gasteiger partial charge is 0.264 e.